The summed E-state index contributed by atoms with van der Waals surface area (Å²) in [6, 6.07) is 24.7. The average Bonchev–Trinajstić information content (AvgIpc) is 3.38. The molecule has 0 radical (unpaired) electrons. The van der Waals surface area contributed by atoms with Crippen LogP contribution in [-0.2, 0) is 13.0 Å². The highest BCUT2D eigenvalue weighted by molar-refractivity contribution is 5.92. The monoisotopic (exact) mass is 455 g/mol. The minimum Gasteiger partial charge on any atom is -0.493 e. The fraction of sp³-hybridized carbons (Fsp3) is 0.179. The van der Waals surface area contributed by atoms with Gasteiger partial charge in [-0.1, -0.05) is 18.2 Å². The van der Waals surface area contributed by atoms with E-state index in [1.165, 1.54) is 5.56 Å². The number of rotatable bonds is 6. The van der Waals surface area contributed by atoms with Crippen LogP contribution in [0.25, 0.3) is 11.3 Å². The Bertz CT molecular complexity index is 1290. The van der Waals surface area contributed by atoms with Crippen LogP contribution in [0.3, 0.4) is 0 Å². The van der Waals surface area contributed by atoms with Crippen LogP contribution in [0.1, 0.15) is 21.7 Å². The molecule has 1 aromatic heterocycles. The lowest BCUT2D eigenvalue weighted by molar-refractivity contribution is 0.0703. The minimum absolute atomic E-state index is 0.129. The minimum atomic E-state index is -0.129. The van der Waals surface area contributed by atoms with E-state index in [2.05, 4.69) is 0 Å². The first kappa shape index (κ1) is 21.6. The van der Waals surface area contributed by atoms with Gasteiger partial charge in [0.25, 0.3) is 5.91 Å². The summed E-state index contributed by atoms with van der Waals surface area (Å²) >= 11 is 0. The molecule has 0 bridgehead atoms. The molecule has 6 nitrogen and oxygen atoms in total. The number of hydrogen-bond acceptors (Lipinski definition) is 5. The van der Waals surface area contributed by atoms with Crippen molar-refractivity contribution in [2.45, 2.75) is 13.0 Å². The number of amides is 1. The average molecular weight is 456 g/mol. The molecule has 172 valence electrons. The molecule has 0 fully saturated rings. The van der Waals surface area contributed by atoms with Crippen molar-refractivity contribution in [1.29, 1.82) is 0 Å². The second-order valence-electron chi connectivity index (χ2n) is 8.06. The first-order valence-electron chi connectivity index (χ1n) is 11.1. The zero-order valence-electron chi connectivity index (χ0n) is 19.1. The van der Waals surface area contributed by atoms with E-state index >= 15 is 0 Å². The normalized spacial score (nSPS) is 12.7. The topological polar surface area (TPSA) is 61.1 Å². The lowest BCUT2D eigenvalue weighted by Gasteiger charge is -2.29. The maximum atomic E-state index is 13.1. The van der Waals surface area contributed by atoms with Gasteiger partial charge in [-0.3, -0.25) is 4.79 Å². The molecule has 0 spiro atoms. The molecule has 0 N–H and O–H groups in total. The fourth-order valence-electron chi connectivity index (χ4n) is 4.13. The summed E-state index contributed by atoms with van der Waals surface area (Å²) in [6.07, 6.45) is 0.748. The van der Waals surface area contributed by atoms with Crippen molar-refractivity contribution >= 4 is 5.91 Å². The third-order valence-electron chi connectivity index (χ3n) is 5.94. The molecule has 34 heavy (non-hydrogen) atoms. The van der Waals surface area contributed by atoms with Crippen LogP contribution in [0.5, 0.6) is 23.0 Å². The van der Waals surface area contributed by atoms with Gasteiger partial charge in [-0.15, -0.1) is 0 Å². The zero-order chi connectivity index (χ0) is 23.5. The molecule has 4 aromatic rings. The van der Waals surface area contributed by atoms with Crippen molar-refractivity contribution in [2.75, 3.05) is 20.8 Å². The number of benzene rings is 3. The second kappa shape index (κ2) is 9.35. The van der Waals surface area contributed by atoms with Crippen molar-refractivity contribution in [3.63, 3.8) is 0 Å². The summed E-state index contributed by atoms with van der Waals surface area (Å²) in [4.78, 5) is 14.9. The van der Waals surface area contributed by atoms with E-state index in [-0.39, 0.29) is 5.91 Å². The summed E-state index contributed by atoms with van der Waals surface area (Å²) in [5.41, 5.74) is 3.10. The third kappa shape index (κ3) is 4.35. The number of methoxy groups -OCH3 is 2. The molecule has 0 atom stereocenters. The van der Waals surface area contributed by atoms with Crippen molar-refractivity contribution in [2.24, 2.45) is 0 Å². The van der Waals surface area contributed by atoms with E-state index in [1.807, 2.05) is 72.8 Å². The standard InChI is InChI=1S/C28H25NO5/c1-31-26-16-20-14-15-29(18-21(20)17-27(26)32-2)28(30)25-13-12-24(34-25)19-8-10-23(11-9-19)33-22-6-4-3-5-7-22/h3-13,16-17H,14-15,18H2,1-2H3. The molecular weight excluding hydrogens is 430 g/mol. The number of para-hydroxylation sites is 1. The third-order valence-corrected chi connectivity index (χ3v) is 5.94. The van der Waals surface area contributed by atoms with Crippen molar-refractivity contribution in [3.05, 3.63) is 95.7 Å². The van der Waals surface area contributed by atoms with E-state index < -0.39 is 0 Å². The van der Waals surface area contributed by atoms with Gasteiger partial charge in [0.05, 0.1) is 14.2 Å². The molecule has 1 aliphatic heterocycles. The summed E-state index contributed by atoms with van der Waals surface area (Å²) < 4.78 is 22.6. The van der Waals surface area contributed by atoms with Gasteiger partial charge >= 0.3 is 0 Å². The van der Waals surface area contributed by atoms with Gasteiger partial charge < -0.3 is 23.5 Å². The van der Waals surface area contributed by atoms with E-state index in [4.69, 9.17) is 18.6 Å². The highest BCUT2D eigenvalue weighted by atomic mass is 16.5. The molecular formula is C28H25NO5. The molecule has 1 amide bonds. The van der Waals surface area contributed by atoms with Gasteiger partial charge in [-0.05, 0) is 78.2 Å². The number of nitrogens with zero attached hydrogens (tertiary/aromatic N) is 1. The number of carbonyl (C=O) groups excluding carboxylic acids is 1. The van der Waals surface area contributed by atoms with Gasteiger partial charge in [0.2, 0.25) is 0 Å². The van der Waals surface area contributed by atoms with Gasteiger partial charge in [0.15, 0.2) is 17.3 Å². The predicted molar refractivity (Wildman–Crippen MR) is 129 cm³/mol. The maximum Gasteiger partial charge on any atom is 0.289 e. The lowest BCUT2D eigenvalue weighted by atomic mass is 9.98. The van der Waals surface area contributed by atoms with Crippen LogP contribution >= 0.6 is 0 Å². The second-order valence-corrected chi connectivity index (χ2v) is 8.06. The van der Waals surface area contributed by atoms with Crippen LogP contribution in [0.2, 0.25) is 0 Å². The van der Waals surface area contributed by atoms with Crippen LogP contribution < -0.4 is 14.2 Å². The molecule has 0 saturated carbocycles. The molecule has 3 aromatic carbocycles. The van der Waals surface area contributed by atoms with E-state index in [0.29, 0.717) is 36.1 Å². The first-order valence-corrected chi connectivity index (χ1v) is 11.1. The summed E-state index contributed by atoms with van der Waals surface area (Å²) in [5.74, 6) is 3.71. The Labute approximate surface area is 198 Å². The zero-order valence-corrected chi connectivity index (χ0v) is 19.1. The Morgan fingerprint density at radius 3 is 2.21 bits per heavy atom. The number of furan rings is 1. The van der Waals surface area contributed by atoms with Crippen molar-refractivity contribution in [3.8, 4) is 34.3 Å². The largest absolute Gasteiger partial charge is 0.493 e. The molecule has 6 heteroatoms. The van der Waals surface area contributed by atoms with E-state index in [1.54, 1.807) is 25.2 Å². The van der Waals surface area contributed by atoms with Gasteiger partial charge in [-0.25, -0.2) is 0 Å². The molecule has 0 aliphatic carbocycles. The smallest absolute Gasteiger partial charge is 0.289 e. The molecule has 2 heterocycles. The van der Waals surface area contributed by atoms with Crippen LogP contribution in [0.15, 0.2) is 83.3 Å². The van der Waals surface area contributed by atoms with Crippen molar-refractivity contribution in [1.82, 2.24) is 4.90 Å². The van der Waals surface area contributed by atoms with E-state index in [0.717, 1.165) is 29.0 Å². The van der Waals surface area contributed by atoms with Crippen LogP contribution in [0, 0.1) is 0 Å². The number of ether oxygens (including phenoxy) is 3. The predicted octanol–water partition coefficient (Wildman–Crippen LogP) is 5.95. The first-order chi connectivity index (χ1) is 16.6. The maximum absolute atomic E-state index is 13.1. The molecule has 5 rings (SSSR count). The SMILES string of the molecule is COc1cc2c(cc1OC)CN(C(=O)c1ccc(-c3ccc(Oc4ccccc4)cc3)o1)CC2. The molecule has 1 aliphatic rings. The number of carbonyl (C=O) groups is 1. The summed E-state index contributed by atoms with van der Waals surface area (Å²) in [5, 5.41) is 0. The highest BCUT2D eigenvalue weighted by Gasteiger charge is 2.25. The number of hydrogen-bond donors (Lipinski definition) is 0. The Balaban J connectivity index is 1.29. The van der Waals surface area contributed by atoms with Gasteiger partial charge in [0, 0.05) is 18.7 Å². The number of fused-ring (bicyclic) bond motifs is 1. The van der Waals surface area contributed by atoms with Gasteiger partial charge in [0.1, 0.15) is 17.3 Å². The van der Waals surface area contributed by atoms with E-state index in [9.17, 15) is 4.79 Å². The Hall–Kier alpha value is -4.19. The Morgan fingerprint density at radius 1 is 0.824 bits per heavy atom. The molecule has 0 saturated heterocycles. The van der Waals surface area contributed by atoms with Gasteiger partial charge in [-0.2, -0.15) is 0 Å². The Kier molecular flexibility index (Phi) is 5.95. The Morgan fingerprint density at radius 2 is 1.50 bits per heavy atom. The fourth-order valence-corrected chi connectivity index (χ4v) is 4.13. The quantitative estimate of drug-likeness (QED) is 0.359. The van der Waals surface area contributed by atoms with Crippen LogP contribution in [0.4, 0.5) is 0 Å². The summed E-state index contributed by atoms with van der Waals surface area (Å²) in [7, 11) is 3.24. The molecule has 0 unspecified atom stereocenters. The lowest BCUT2D eigenvalue weighted by Crippen LogP contribution is -2.35. The highest BCUT2D eigenvalue weighted by Crippen LogP contribution is 2.34. The van der Waals surface area contributed by atoms with Crippen LogP contribution in [-0.4, -0.2) is 31.6 Å². The summed E-state index contributed by atoms with van der Waals surface area (Å²) in [6.45, 7) is 1.11. The van der Waals surface area contributed by atoms with Crippen molar-refractivity contribution < 1.29 is 23.4 Å².